The van der Waals surface area contributed by atoms with Crippen molar-refractivity contribution in [3.63, 3.8) is 0 Å². The van der Waals surface area contributed by atoms with E-state index in [0.29, 0.717) is 0 Å². The van der Waals surface area contributed by atoms with Crippen LogP contribution in [0.3, 0.4) is 0 Å². The largest absolute Gasteiger partial charge is 0.0683 e. The minimum atomic E-state index is -0.173. The molecule has 0 aromatic heterocycles. The summed E-state index contributed by atoms with van der Waals surface area (Å²) in [5.41, 5.74) is 12.1. The Hall–Kier alpha value is -2.34. The molecule has 0 unspecified atom stereocenters. The molecule has 0 N–H and O–H groups in total. The summed E-state index contributed by atoms with van der Waals surface area (Å²) in [6.07, 6.45) is 0. The molecule has 0 atom stereocenters. The third-order valence-electron chi connectivity index (χ3n) is 6.36. The van der Waals surface area contributed by atoms with Gasteiger partial charge in [-0.15, -0.1) is 0 Å². The molecular formula is C28H36. The van der Waals surface area contributed by atoms with Crippen LogP contribution in [-0.2, 0) is 5.41 Å². The fourth-order valence-electron chi connectivity index (χ4n) is 3.92. The van der Waals surface area contributed by atoms with Crippen LogP contribution in [0.1, 0.15) is 70.8 Å². The lowest BCUT2D eigenvalue weighted by atomic mass is 9.69. The van der Waals surface area contributed by atoms with Gasteiger partial charge in [0.15, 0.2) is 0 Å². The van der Waals surface area contributed by atoms with Crippen molar-refractivity contribution in [3.8, 4) is 0 Å². The molecular weight excluding hydrogens is 336 g/mol. The maximum Gasteiger partial charge on any atom is 0.0423 e. The third kappa shape index (κ3) is 3.92. The number of hydrogen-bond donors (Lipinski definition) is 0. The fraction of sp³-hybridized carbons (Fsp3) is 0.357. The smallest absolute Gasteiger partial charge is 0.0423 e. The predicted octanol–water partition coefficient (Wildman–Crippen LogP) is 7.92. The zero-order chi connectivity index (χ0) is 21.1. The highest BCUT2D eigenvalue weighted by Crippen LogP contribution is 2.41. The van der Waals surface area contributed by atoms with Crippen LogP contribution in [0.4, 0.5) is 0 Å². The van der Waals surface area contributed by atoms with Crippen molar-refractivity contribution in [1.82, 2.24) is 0 Å². The van der Waals surface area contributed by atoms with E-state index < -0.39 is 0 Å². The predicted molar refractivity (Wildman–Crippen MR) is 125 cm³/mol. The second-order valence-electron chi connectivity index (χ2n) is 7.96. The van der Waals surface area contributed by atoms with E-state index >= 15 is 0 Å². The lowest BCUT2D eigenvalue weighted by molar-refractivity contribution is 0.688. The zero-order valence-corrected chi connectivity index (χ0v) is 19.2. The molecule has 0 aliphatic rings. The summed E-state index contributed by atoms with van der Waals surface area (Å²) in [5.74, 6) is 0. The van der Waals surface area contributed by atoms with Crippen LogP contribution in [0.5, 0.6) is 0 Å². The Morgan fingerprint density at radius 3 is 1.14 bits per heavy atom. The van der Waals surface area contributed by atoms with Gasteiger partial charge in [0.05, 0.1) is 0 Å². The second-order valence-corrected chi connectivity index (χ2v) is 7.96. The van der Waals surface area contributed by atoms with E-state index in [1.54, 1.807) is 0 Å². The molecule has 0 heterocycles. The third-order valence-corrected chi connectivity index (χ3v) is 6.36. The fourth-order valence-corrected chi connectivity index (χ4v) is 3.92. The first-order valence-electron chi connectivity index (χ1n) is 10.5. The van der Waals surface area contributed by atoms with Crippen LogP contribution in [0, 0.1) is 41.5 Å². The van der Waals surface area contributed by atoms with Crippen molar-refractivity contribution in [2.24, 2.45) is 0 Å². The maximum absolute atomic E-state index is 2.37. The van der Waals surface area contributed by atoms with Crippen LogP contribution in [0.25, 0.3) is 0 Å². The molecule has 0 fully saturated rings. The van der Waals surface area contributed by atoms with E-state index in [1.165, 1.54) is 50.1 Å². The van der Waals surface area contributed by atoms with Crippen molar-refractivity contribution in [1.29, 1.82) is 0 Å². The van der Waals surface area contributed by atoms with Crippen LogP contribution in [-0.4, -0.2) is 0 Å². The molecule has 3 aromatic rings. The van der Waals surface area contributed by atoms with Gasteiger partial charge in [0.1, 0.15) is 0 Å². The summed E-state index contributed by atoms with van der Waals surface area (Å²) in [7, 11) is 0. The summed E-state index contributed by atoms with van der Waals surface area (Å²) in [4.78, 5) is 0. The van der Waals surface area contributed by atoms with Gasteiger partial charge in [-0.25, -0.2) is 0 Å². The van der Waals surface area contributed by atoms with Crippen molar-refractivity contribution in [3.05, 3.63) is 105 Å². The molecule has 3 rings (SSSR count). The Labute approximate surface area is 172 Å². The number of benzene rings is 3. The van der Waals surface area contributed by atoms with Gasteiger partial charge in [-0.05, 0) is 98.5 Å². The molecule has 0 saturated heterocycles. The van der Waals surface area contributed by atoms with Gasteiger partial charge < -0.3 is 0 Å². The molecule has 0 bridgehead atoms. The van der Waals surface area contributed by atoms with Gasteiger partial charge >= 0.3 is 0 Å². The summed E-state index contributed by atoms with van der Waals surface area (Å²) in [6, 6.07) is 20.4. The van der Waals surface area contributed by atoms with E-state index in [9.17, 15) is 0 Å². The minimum absolute atomic E-state index is 0.173. The molecule has 3 aromatic carbocycles. The minimum Gasteiger partial charge on any atom is -0.0683 e. The van der Waals surface area contributed by atoms with Crippen molar-refractivity contribution in [2.75, 3.05) is 0 Å². The molecule has 0 nitrogen and oxygen atoms in total. The molecule has 148 valence electrons. The van der Waals surface area contributed by atoms with Gasteiger partial charge in [-0.1, -0.05) is 68.4 Å². The topological polar surface area (TPSA) is 0 Å². The van der Waals surface area contributed by atoms with E-state index in [4.69, 9.17) is 0 Å². The highest BCUT2D eigenvalue weighted by Gasteiger charge is 2.32. The Balaban J connectivity index is 0.00000136. The highest BCUT2D eigenvalue weighted by molar-refractivity contribution is 5.54. The molecule has 0 spiro atoms. The summed E-state index contributed by atoms with van der Waals surface area (Å²) >= 11 is 0. The molecule has 0 radical (unpaired) electrons. The first-order chi connectivity index (χ1) is 13.2. The Kier molecular flexibility index (Phi) is 6.88. The van der Waals surface area contributed by atoms with Gasteiger partial charge in [-0.3, -0.25) is 0 Å². The lowest BCUT2D eigenvalue weighted by Gasteiger charge is -2.34. The Morgan fingerprint density at radius 1 is 0.500 bits per heavy atom. The van der Waals surface area contributed by atoms with Gasteiger partial charge in [0.2, 0.25) is 0 Å². The van der Waals surface area contributed by atoms with Gasteiger partial charge in [-0.2, -0.15) is 0 Å². The maximum atomic E-state index is 2.37. The number of rotatable bonds is 3. The summed E-state index contributed by atoms with van der Waals surface area (Å²) < 4.78 is 0. The highest BCUT2D eigenvalue weighted by atomic mass is 14.3. The average molecular weight is 373 g/mol. The molecule has 0 heteroatoms. The molecule has 0 aliphatic carbocycles. The SMILES string of the molecule is CC.Cc1cc(C(C)(c2ccccc2)c2cc(C)c(C)c(C)c2)cc(C)c1C. The zero-order valence-electron chi connectivity index (χ0n) is 19.2. The van der Waals surface area contributed by atoms with E-state index in [1.807, 2.05) is 13.8 Å². The van der Waals surface area contributed by atoms with Crippen molar-refractivity contribution >= 4 is 0 Å². The number of hydrogen-bond acceptors (Lipinski definition) is 0. The summed E-state index contributed by atoms with van der Waals surface area (Å²) in [5, 5.41) is 0. The van der Waals surface area contributed by atoms with Crippen molar-refractivity contribution < 1.29 is 0 Å². The molecule has 0 saturated carbocycles. The first-order valence-corrected chi connectivity index (χ1v) is 10.5. The lowest BCUT2D eigenvalue weighted by Crippen LogP contribution is -2.26. The Morgan fingerprint density at radius 2 is 0.821 bits per heavy atom. The average Bonchev–Trinajstić information content (AvgIpc) is 2.71. The molecule has 0 amide bonds. The quantitative estimate of drug-likeness (QED) is 0.410. The summed E-state index contributed by atoms with van der Waals surface area (Å²) in [6.45, 7) is 19.7. The van der Waals surface area contributed by atoms with Crippen LogP contribution >= 0.6 is 0 Å². The number of aryl methyl sites for hydroxylation is 4. The molecule has 28 heavy (non-hydrogen) atoms. The van der Waals surface area contributed by atoms with Gasteiger partial charge in [0.25, 0.3) is 0 Å². The van der Waals surface area contributed by atoms with E-state index in [-0.39, 0.29) is 5.41 Å². The van der Waals surface area contributed by atoms with E-state index in [0.717, 1.165) is 0 Å². The van der Waals surface area contributed by atoms with E-state index in [2.05, 4.69) is 103 Å². The first kappa shape index (κ1) is 22.0. The molecule has 0 aliphatic heterocycles. The normalized spacial score (nSPS) is 11.0. The van der Waals surface area contributed by atoms with Gasteiger partial charge in [0, 0.05) is 5.41 Å². The standard InChI is InChI=1S/C26H30.C2H6/c1-17-13-24(14-18(2)21(17)5)26(7,23-11-9-8-10-12-23)25-15-19(3)22(6)20(4)16-25;1-2/h8-16H,1-7H3;1-2H3. The second kappa shape index (κ2) is 8.78. The van der Waals surface area contributed by atoms with Crippen molar-refractivity contribution in [2.45, 2.75) is 67.7 Å². The monoisotopic (exact) mass is 372 g/mol. The van der Waals surface area contributed by atoms with Crippen LogP contribution < -0.4 is 0 Å². The Bertz CT molecular complexity index is 842. The van der Waals surface area contributed by atoms with Crippen LogP contribution in [0.15, 0.2) is 54.6 Å². The van der Waals surface area contributed by atoms with Crippen LogP contribution in [0.2, 0.25) is 0 Å².